The van der Waals surface area contributed by atoms with E-state index in [-0.39, 0.29) is 0 Å². The van der Waals surface area contributed by atoms with Crippen molar-refractivity contribution >= 4 is 87.4 Å². The highest BCUT2D eigenvalue weighted by Gasteiger charge is 2.38. The van der Waals surface area contributed by atoms with Crippen LogP contribution in [-0.2, 0) is 0 Å². The van der Waals surface area contributed by atoms with Gasteiger partial charge in [-0.2, -0.15) is 0 Å². The fourth-order valence-corrected chi connectivity index (χ4v) is 28.9. The Kier molecular flexibility index (Phi) is 23.4. The van der Waals surface area contributed by atoms with Crippen molar-refractivity contribution in [3.63, 3.8) is 0 Å². The van der Waals surface area contributed by atoms with E-state index >= 15 is 0 Å². The SMILES string of the molecule is CCCC[Si](CCCC)(CCCC)c1ccc(P(c2ccc([Si](CCCC)(CCCC)CCCC)cc2)N(C(C)C)P(c2ccccc2SC)c2ccccc2SC)cc1. The smallest absolute Gasteiger partial charge is 0.0867 e. The molecule has 4 aromatic carbocycles. The third-order valence-corrected chi connectivity index (χ3v) is 32.0. The molecule has 0 aliphatic heterocycles. The molecular weight excluding hydrogens is 833 g/mol. The first kappa shape index (κ1) is 51.5. The molecule has 0 saturated heterocycles. The van der Waals surface area contributed by atoms with E-state index < -0.39 is 32.3 Å². The van der Waals surface area contributed by atoms with Crippen molar-refractivity contribution in [3.05, 3.63) is 97.1 Å². The molecule has 0 aliphatic carbocycles. The van der Waals surface area contributed by atoms with Crippen LogP contribution < -0.4 is 31.6 Å². The number of rotatable bonds is 29. The lowest BCUT2D eigenvalue weighted by molar-refractivity contribution is 0.583. The van der Waals surface area contributed by atoms with Gasteiger partial charge in [0.15, 0.2) is 0 Å². The molecule has 0 heterocycles. The molecule has 0 amide bonds. The van der Waals surface area contributed by atoms with Crippen molar-refractivity contribution in [2.75, 3.05) is 12.5 Å². The average molecular weight is 917 g/mol. The summed E-state index contributed by atoms with van der Waals surface area (Å²) in [4.78, 5) is 2.81. The summed E-state index contributed by atoms with van der Waals surface area (Å²) in [6.45, 7) is 19.3. The van der Waals surface area contributed by atoms with Crippen molar-refractivity contribution in [2.24, 2.45) is 0 Å². The van der Waals surface area contributed by atoms with Gasteiger partial charge in [0.1, 0.15) is 0 Å². The molecule has 0 radical (unpaired) electrons. The van der Waals surface area contributed by atoms with Crippen LogP contribution in [0.4, 0.5) is 0 Å². The highest BCUT2D eigenvalue weighted by atomic mass is 32.2. The molecule has 0 spiro atoms. The van der Waals surface area contributed by atoms with Gasteiger partial charge in [-0.3, -0.25) is 0 Å². The zero-order valence-electron chi connectivity index (χ0n) is 39.7. The first-order valence-electron chi connectivity index (χ1n) is 24.1. The first-order valence-corrected chi connectivity index (χ1v) is 34.4. The Labute approximate surface area is 383 Å². The average Bonchev–Trinajstić information content (AvgIpc) is 3.29. The van der Waals surface area contributed by atoms with Gasteiger partial charge in [-0.1, -0.05) is 250 Å². The monoisotopic (exact) mass is 915 g/mol. The highest BCUT2D eigenvalue weighted by molar-refractivity contribution is 8.00. The Morgan fingerprint density at radius 3 is 1.00 bits per heavy atom. The maximum atomic E-state index is 3.02. The quantitative estimate of drug-likeness (QED) is 0.0304. The van der Waals surface area contributed by atoms with Crippen molar-refractivity contribution in [2.45, 2.75) is 185 Å². The molecule has 0 saturated carbocycles. The number of thioether (sulfide) groups is 2. The van der Waals surface area contributed by atoms with Crippen LogP contribution in [0.1, 0.15) is 132 Å². The van der Waals surface area contributed by atoms with Crippen LogP contribution in [0.2, 0.25) is 36.3 Å². The second-order valence-electron chi connectivity index (χ2n) is 17.7. The van der Waals surface area contributed by atoms with Crippen molar-refractivity contribution in [1.29, 1.82) is 0 Å². The molecular formula is C53H83NP2S2Si2. The molecule has 330 valence electrons. The standard InChI is InChI=1S/C53H83NP2S2Si2/c1-11-17-39-59(40-18-12-2,41-19-13-3)48-35-31-46(32-36-48)55(47-33-37-49(38-34-47)60(42-20-14-4,43-21-15-5)44-22-16-6)54(45(7)8)56(50-27-23-25-29-52(50)57-9)51-28-24-26-30-53(51)58-10/h23-38,45H,11-22,39-44H2,1-10H3. The van der Waals surface area contributed by atoms with Crippen LogP contribution in [0.5, 0.6) is 0 Å². The summed E-state index contributed by atoms with van der Waals surface area (Å²) in [5.74, 6) is 0. The topological polar surface area (TPSA) is 3.24 Å². The van der Waals surface area contributed by atoms with Gasteiger partial charge in [-0.05, 0) is 49.1 Å². The predicted octanol–water partition coefficient (Wildman–Crippen LogP) is 15.3. The Balaban J connectivity index is 2.03. The molecule has 0 atom stereocenters. The molecule has 4 rings (SSSR count). The summed E-state index contributed by atoms with van der Waals surface area (Å²) in [5, 5.41) is 9.47. The summed E-state index contributed by atoms with van der Waals surface area (Å²) in [5.41, 5.74) is 0. The first-order chi connectivity index (χ1) is 29.2. The molecule has 0 bridgehead atoms. The molecule has 60 heavy (non-hydrogen) atoms. The minimum Gasteiger partial charge on any atom is -0.242 e. The van der Waals surface area contributed by atoms with Crippen LogP contribution >= 0.6 is 39.7 Å². The molecule has 1 nitrogen and oxygen atoms in total. The van der Waals surface area contributed by atoms with Crippen LogP contribution in [0.15, 0.2) is 107 Å². The van der Waals surface area contributed by atoms with E-state index in [1.807, 2.05) is 23.5 Å². The van der Waals surface area contributed by atoms with Crippen molar-refractivity contribution < 1.29 is 0 Å². The lowest BCUT2D eigenvalue weighted by atomic mass is 10.3. The van der Waals surface area contributed by atoms with Crippen LogP contribution in [0.25, 0.3) is 0 Å². The number of unbranched alkanes of at least 4 members (excludes halogenated alkanes) is 6. The Bertz CT molecular complexity index is 1620. The molecule has 0 N–H and O–H groups in total. The molecule has 0 aromatic heterocycles. The van der Waals surface area contributed by atoms with E-state index in [4.69, 9.17) is 0 Å². The fraction of sp³-hybridized carbons (Fsp3) is 0.547. The summed E-state index contributed by atoms with van der Waals surface area (Å²) >= 11 is 3.82. The van der Waals surface area contributed by atoms with Crippen molar-refractivity contribution in [3.8, 4) is 0 Å². The lowest BCUT2D eigenvalue weighted by Gasteiger charge is -2.43. The normalized spacial score (nSPS) is 12.4. The largest absolute Gasteiger partial charge is 0.242 e. The fourth-order valence-electron chi connectivity index (χ4n) is 9.52. The van der Waals surface area contributed by atoms with E-state index in [1.54, 1.807) is 10.4 Å². The number of benzene rings is 4. The van der Waals surface area contributed by atoms with Crippen LogP contribution in [0, 0.1) is 0 Å². The van der Waals surface area contributed by atoms with Gasteiger partial charge in [0, 0.05) is 42.6 Å². The van der Waals surface area contributed by atoms with Gasteiger partial charge >= 0.3 is 0 Å². The molecule has 0 fully saturated rings. The number of hydrogen-bond acceptors (Lipinski definition) is 3. The lowest BCUT2D eigenvalue weighted by Crippen LogP contribution is -2.48. The van der Waals surface area contributed by atoms with Gasteiger partial charge in [-0.15, -0.1) is 23.5 Å². The summed E-state index contributed by atoms with van der Waals surface area (Å²) < 4.78 is 3.02. The Hall–Kier alpha value is -1.17. The third-order valence-electron chi connectivity index (χ3n) is 13.0. The van der Waals surface area contributed by atoms with Crippen LogP contribution in [0.3, 0.4) is 0 Å². The van der Waals surface area contributed by atoms with Gasteiger partial charge < -0.3 is 0 Å². The summed E-state index contributed by atoms with van der Waals surface area (Å²) in [6, 6.07) is 48.9. The second kappa shape index (κ2) is 27.2. The maximum absolute atomic E-state index is 3.02. The predicted molar refractivity (Wildman–Crippen MR) is 288 cm³/mol. The van der Waals surface area contributed by atoms with E-state index in [1.165, 1.54) is 144 Å². The molecule has 7 heteroatoms. The zero-order valence-corrected chi connectivity index (χ0v) is 45.1. The Morgan fingerprint density at radius 1 is 0.433 bits per heavy atom. The van der Waals surface area contributed by atoms with Gasteiger partial charge in [0.2, 0.25) is 0 Å². The summed E-state index contributed by atoms with van der Waals surface area (Å²) in [6.07, 6.45) is 20.6. The second-order valence-corrected chi connectivity index (χ2v) is 33.1. The highest BCUT2D eigenvalue weighted by Crippen LogP contribution is 2.57. The van der Waals surface area contributed by atoms with Gasteiger partial charge in [-0.25, -0.2) is 4.44 Å². The van der Waals surface area contributed by atoms with Crippen LogP contribution in [-0.4, -0.2) is 39.1 Å². The minimum absolute atomic E-state index is 0.339. The van der Waals surface area contributed by atoms with E-state index in [2.05, 4.69) is 169 Å². The summed E-state index contributed by atoms with van der Waals surface area (Å²) in [7, 11) is -5.00. The van der Waals surface area contributed by atoms with E-state index in [0.29, 0.717) is 6.04 Å². The van der Waals surface area contributed by atoms with Gasteiger partial charge in [0.05, 0.1) is 16.1 Å². The van der Waals surface area contributed by atoms with Crippen molar-refractivity contribution in [1.82, 2.24) is 4.44 Å². The Morgan fingerprint density at radius 2 is 0.733 bits per heavy atom. The molecule has 0 aliphatic rings. The maximum Gasteiger partial charge on any atom is 0.0867 e. The number of hydrogen-bond donors (Lipinski definition) is 0. The zero-order chi connectivity index (χ0) is 43.4. The minimum atomic E-state index is -1.64. The number of nitrogens with zero attached hydrogens (tertiary/aromatic N) is 1. The van der Waals surface area contributed by atoms with Gasteiger partial charge in [0.25, 0.3) is 0 Å². The third kappa shape index (κ3) is 13.4. The van der Waals surface area contributed by atoms with E-state index in [9.17, 15) is 0 Å². The molecule has 0 unspecified atom stereocenters. The molecule has 4 aromatic rings. The van der Waals surface area contributed by atoms with E-state index in [0.717, 1.165) is 0 Å².